The number of methoxy groups -OCH3 is 1. The average molecular weight is 327 g/mol. The van der Waals surface area contributed by atoms with Gasteiger partial charge in [-0.2, -0.15) is 4.31 Å². The van der Waals surface area contributed by atoms with Crippen LogP contribution in [-0.4, -0.2) is 73.5 Å². The molecule has 0 aliphatic carbocycles. The molecule has 120 valence electrons. The number of amides is 1. The van der Waals surface area contributed by atoms with Gasteiger partial charge in [0.2, 0.25) is 10.0 Å². The summed E-state index contributed by atoms with van der Waals surface area (Å²) in [5, 5.41) is 0. The maximum atomic E-state index is 12.4. The first-order valence-electron chi connectivity index (χ1n) is 6.58. The van der Waals surface area contributed by atoms with E-state index in [1.807, 2.05) is 0 Å². The van der Waals surface area contributed by atoms with Crippen LogP contribution in [0.4, 0.5) is 0 Å². The van der Waals surface area contributed by atoms with Crippen LogP contribution in [0.5, 0.6) is 0 Å². The van der Waals surface area contributed by atoms with Gasteiger partial charge in [0, 0.05) is 32.0 Å². The van der Waals surface area contributed by atoms with Gasteiger partial charge in [-0.25, -0.2) is 8.42 Å². The Morgan fingerprint density at radius 1 is 1.36 bits per heavy atom. The van der Waals surface area contributed by atoms with Crippen LogP contribution in [0, 0.1) is 0 Å². The van der Waals surface area contributed by atoms with Gasteiger partial charge in [-0.05, 0) is 12.1 Å². The highest BCUT2D eigenvalue weighted by Crippen LogP contribution is 2.17. The van der Waals surface area contributed by atoms with E-state index >= 15 is 0 Å². The molecular weight excluding hydrogens is 310 g/mol. The third-order valence-corrected chi connectivity index (χ3v) is 4.72. The molecule has 0 N–H and O–H groups in total. The van der Waals surface area contributed by atoms with Crippen LogP contribution in [0.15, 0.2) is 24.5 Å². The van der Waals surface area contributed by atoms with E-state index in [-0.39, 0.29) is 25.5 Å². The van der Waals surface area contributed by atoms with Crippen LogP contribution in [0.1, 0.15) is 10.4 Å². The second kappa shape index (κ2) is 6.41. The largest absolute Gasteiger partial charge is 0.468 e. The topological polar surface area (TPSA) is 96.9 Å². The summed E-state index contributed by atoms with van der Waals surface area (Å²) in [6.45, 7) is 0.201. The number of rotatable bonds is 3. The number of carbonyl (C=O) groups excluding carboxylic acids is 2. The summed E-state index contributed by atoms with van der Waals surface area (Å²) in [5.74, 6) is -0.982. The molecule has 0 unspecified atom stereocenters. The number of sulfonamides is 1. The van der Waals surface area contributed by atoms with Crippen LogP contribution in [0.3, 0.4) is 0 Å². The number of esters is 1. The Hall–Kier alpha value is -2.00. The van der Waals surface area contributed by atoms with E-state index in [1.165, 1.54) is 18.2 Å². The molecule has 2 heterocycles. The van der Waals surface area contributed by atoms with Gasteiger partial charge in [-0.1, -0.05) is 0 Å². The predicted octanol–water partition coefficient (Wildman–Crippen LogP) is -0.659. The lowest BCUT2D eigenvalue weighted by atomic mass is 10.1. The van der Waals surface area contributed by atoms with Crippen LogP contribution in [-0.2, 0) is 19.6 Å². The van der Waals surface area contributed by atoms with Crippen LogP contribution in [0.25, 0.3) is 0 Å². The molecular formula is C13H17N3O5S. The summed E-state index contributed by atoms with van der Waals surface area (Å²) >= 11 is 0. The minimum Gasteiger partial charge on any atom is -0.468 e. The van der Waals surface area contributed by atoms with Crippen LogP contribution < -0.4 is 0 Å². The molecule has 1 fully saturated rings. The lowest BCUT2D eigenvalue weighted by Gasteiger charge is -2.38. The Balaban J connectivity index is 2.22. The number of piperazine rings is 1. The molecule has 1 amide bonds. The molecule has 1 atom stereocenters. The van der Waals surface area contributed by atoms with Crippen molar-refractivity contribution < 1.29 is 22.7 Å². The fourth-order valence-corrected chi connectivity index (χ4v) is 3.38. The average Bonchev–Trinajstić information content (AvgIpc) is 2.52. The molecule has 0 bridgehead atoms. The fraction of sp³-hybridized carbons (Fsp3) is 0.462. The van der Waals surface area contributed by atoms with Crippen LogP contribution >= 0.6 is 0 Å². The Bertz CT molecular complexity index is 662. The second-order valence-corrected chi connectivity index (χ2v) is 6.84. The van der Waals surface area contributed by atoms with Gasteiger partial charge in [-0.3, -0.25) is 14.6 Å². The third-order valence-electron chi connectivity index (χ3n) is 3.43. The molecule has 1 aromatic heterocycles. The fourth-order valence-electron chi connectivity index (χ4n) is 2.35. The minimum absolute atomic E-state index is 0.0462. The number of hydrogen-bond acceptors (Lipinski definition) is 6. The summed E-state index contributed by atoms with van der Waals surface area (Å²) in [4.78, 5) is 29.5. The molecule has 0 radical (unpaired) electrons. The van der Waals surface area contributed by atoms with Gasteiger partial charge < -0.3 is 9.64 Å². The maximum absolute atomic E-state index is 12.4. The number of hydrogen-bond donors (Lipinski definition) is 0. The molecule has 1 aliphatic heterocycles. The molecule has 9 heteroatoms. The number of carbonyl (C=O) groups is 2. The highest BCUT2D eigenvalue weighted by molar-refractivity contribution is 7.88. The quantitative estimate of drug-likeness (QED) is 0.684. The lowest BCUT2D eigenvalue weighted by molar-refractivity contribution is -0.146. The van der Waals surface area contributed by atoms with E-state index in [2.05, 4.69) is 9.72 Å². The molecule has 1 aromatic rings. The molecule has 8 nitrogen and oxygen atoms in total. The van der Waals surface area contributed by atoms with Crippen molar-refractivity contribution in [3.8, 4) is 0 Å². The molecule has 0 saturated carbocycles. The number of ether oxygens (including phenoxy) is 1. The van der Waals surface area contributed by atoms with E-state index in [9.17, 15) is 18.0 Å². The van der Waals surface area contributed by atoms with Crippen molar-refractivity contribution in [2.24, 2.45) is 0 Å². The summed E-state index contributed by atoms with van der Waals surface area (Å²) < 4.78 is 29.3. The number of aromatic nitrogens is 1. The van der Waals surface area contributed by atoms with Crippen molar-refractivity contribution in [3.05, 3.63) is 30.1 Å². The van der Waals surface area contributed by atoms with Crippen molar-refractivity contribution in [2.45, 2.75) is 6.04 Å². The van der Waals surface area contributed by atoms with E-state index < -0.39 is 22.0 Å². The summed E-state index contributed by atoms with van der Waals surface area (Å²) in [7, 11) is -2.38. The Kier molecular flexibility index (Phi) is 4.77. The SMILES string of the molecule is COC(=O)[C@@H]1CN(C(=O)c2cccnc2)CCN1S(C)(=O)=O. The van der Waals surface area contributed by atoms with Gasteiger partial charge in [0.15, 0.2) is 0 Å². The first-order valence-corrected chi connectivity index (χ1v) is 8.43. The molecule has 2 rings (SSSR count). The van der Waals surface area contributed by atoms with Gasteiger partial charge in [0.25, 0.3) is 5.91 Å². The Morgan fingerprint density at radius 2 is 2.09 bits per heavy atom. The van der Waals surface area contributed by atoms with Crippen molar-refractivity contribution in [3.63, 3.8) is 0 Å². The first kappa shape index (κ1) is 16.4. The summed E-state index contributed by atoms with van der Waals surface area (Å²) in [5.41, 5.74) is 0.388. The highest BCUT2D eigenvalue weighted by Gasteiger charge is 2.39. The molecule has 22 heavy (non-hydrogen) atoms. The molecule has 0 aromatic carbocycles. The normalized spacial score (nSPS) is 19.7. The van der Waals surface area contributed by atoms with E-state index in [4.69, 9.17) is 0 Å². The molecule has 0 spiro atoms. The third kappa shape index (κ3) is 3.42. The number of pyridine rings is 1. The number of nitrogens with zero attached hydrogens (tertiary/aromatic N) is 3. The molecule has 1 saturated heterocycles. The Morgan fingerprint density at radius 3 is 2.64 bits per heavy atom. The standard InChI is InChI=1S/C13H17N3O5S/c1-21-13(18)11-9-15(6-7-16(11)22(2,19)20)12(17)10-4-3-5-14-8-10/h3-5,8,11H,6-7,9H2,1-2H3/t11-/m0/s1. The monoisotopic (exact) mass is 327 g/mol. The van der Waals surface area contributed by atoms with E-state index in [0.717, 1.165) is 10.6 Å². The first-order chi connectivity index (χ1) is 10.3. The van der Waals surface area contributed by atoms with Crippen LogP contribution in [0.2, 0.25) is 0 Å². The van der Waals surface area contributed by atoms with E-state index in [0.29, 0.717) is 5.56 Å². The zero-order valence-electron chi connectivity index (χ0n) is 12.3. The zero-order valence-corrected chi connectivity index (χ0v) is 13.1. The summed E-state index contributed by atoms with van der Waals surface area (Å²) in [6, 6.07) is 2.22. The zero-order chi connectivity index (χ0) is 16.3. The van der Waals surface area contributed by atoms with Gasteiger partial charge in [0.1, 0.15) is 6.04 Å². The van der Waals surface area contributed by atoms with Gasteiger partial charge in [0.05, 0.1) is 18.9 Å². The minimum atomic E-state index is -3.56. The lowest BCUT2D eigenvalue weighted by Crippen LogP contribution is -2.59. The van der Waals surface area contributed by atoms with Crippen molar-refractivity contribution >= 4 is 21.9 Å². The molecule has 1 aliphatic rings. The van der Waals surface area contributed by atoms with Crippen molar-refractivity contribution in [2.75, 3.05) is 33.0 Å². The maximum Gasteiger partial charge on any atom is 0.326 e. The van der Waals surface area contributed by atoms with Crippen molar-refractivity contribution in [1.82, 2.24) is 14.2 Å². The second-order valence-electron chi connectivity index (χ2n) is 4.91. The highest BCUT2D eigenvalue weighted by atomic mass is 32.2. The van der Waals surface area contributed by atoms with Crippen molar-refractivity contribution in [1.29, 1.82) is 0 Å². The van der Waals surface area contributed by atoms with Gasteiger partial charge >= 0.3 is 5.97 Å². The van der Waals surface area contributed by atoms with E-state index in [1.54, 1.807) is 18.3 Å². The predicted molar refractivity (Wildman–Crippen MR) is 77.5 cm³/mol. The Labute approximate surface area is 128 Å². The van der Waals surface area contributed by atoms with Gasteiger partial charge in [-0.15, -0.1) is 0 Å². The summed E-state index contributed by atoms with van der Waals surface area (Å²) in [6.07, 6.45) is 4.01. The smallest absolute Gasteiger partial charge is 0.326 e.